The third-order valence-electron chi connectivity index (χ3n) is 11.7. The number of carbonyl (C=O) groups excluding carboxylic acids is 1. The predicted molar refractivity (Wildman–Crippen MR) is 265 cm³/mol. The molecule has 0 aromatic heterocycles. The number of aliphatic hydroxyl groups excluding tert-OH is 4. The predicted octanol–water partition coefficient (Wildman–Crippen LogP) is 12.8. The standard InChI is InChI=1S/C55H96O9/c1-3-5-7-9-11-13-15-17-19-21-23-24-25-27-29-31-33-35-37-39-41-43-45-61-47-49(48-62-55-54(60)53(59)52(58)50(46-56)64-55)63-51(57)44-42-40-38-36-34-32-30-28-26-22-20-18-16-14-12-10-8-6-4-2/h6,8,12,14,18,20,26,28,32,34,38,40,49-50,52-56,58-60H,3-5,7,9-11,13,15-17,19,21-25,27,29-31,33,35-37,39,41-48H2,1-2H3/b8-6-,14-12-,20-18-,28-26-,34-32-,40-38-. The van der Waals surface area contributed by atoms with Crippen LogP contribution in [0.15, 0.2) is 72.9 Å². The van der Waals surface area contributed by atoms with E-state index in [-0.39, 0.29) is 19.6 Å². The van der Waals surface area contributed by atoms with Gasteiger partial charge in [-0.3, -0.25) is 4.79 Å². The van der Waals surface area contributed by atoms with E-state index in [2.05, 4.69) is 74.6 Å². The average molecular weight is 901 g/mol. The lowest BCUT2D eigenvalue weighted by atomic mass is 9.99. The molecule has 0 saturated carbocycles. The van der Waals surface area contributed by atoms with Crippen LogP contribution in [0.4, 0.5) is 0 Å². The molecule has 9 heteroatoms. The molecule has 9 nitrogen and oxygen atoms in total. The van der Waals surface area contributed by atoms with Crippen molar-refractivity contribution in [3.05, 3.63) is 72.9 Å². The van der Waals surface area contributed by atoms with Crippen molar-refractivity contribution >= 4 is 5.97 Å². The summed E-state index contributed by atoms with van der Waals surface area (Å²) < 4.78 is 22.8. The maximum Gasteiger partial charge on any atom is 0.306 e. The highest BCUT2D eigenvalue weighted by Crippen LogP contribution is 2.23. The summed E-state index contributed by atoms with van der Waals surface area (Å²) in [5.41, 5.74) is 0. The van der Waals surface area contributed by atoms with E-state index in [0.29, 0.717) is 13.0 Å². The van der Waals surface area contributed by atoms with Crippen LogP contribution in [-0.4, -0.2) is 89.6 Å². The summed E-state index contributed by atoms with van der Waals surface area (Å²) in [6.45, 7) is 4.37. The minimum absolute atomic E-state index is 0.113. The molecule has 1 rings (SSSR count). The normalized spacial score (nSPS) is 20.1. The summed E-state index contributed by atoms with van der Waals surface area (Å²) >= 11 is 0. The van der Waals surface area contributed by atoms with Crippen LogP contribution >= 0.6 is 0 Å². The molecule has 4 N–H and O–H groups in total. The first-order valence-corrected chi connectivity index (χ1v) is 26.0. The summed E-state index contributed by atoms with van der Waals surface area (Å²) in [5.74, 6) is -0.394. The minimum atomic E-state index is -1.55. The van der Waals surface area contributed by atoms with Gasteiger partial charge in [0, 0.05) is 13.0 Å². The van der Waals surface area contributed by atoms with Crippen molar-refractivity contribution in [1.29, 1.82) is 0 Å². The zero-order valence-electron chi connectivity index (χ0n) is 40.8. The van der Waals surface area contributed by atoms with Gasteiger partial charge in [0.05, 0.1) is 19.8 Å². The summed E-state index contributed by atoms with van der Waals surface area (Å²) in [6.07, 6.45) is 53.8. The molecule has 370 valence electrons. The summed E-state index contributed by atoms with van der Waals surface area (Å²) in [7, 11) is 0. The lowest BCUT2D eigenvalue weighted by molar-refractivity contribution is -0.305. The van der Waals surface area contributed by atoms with Crippen LogP contribution in [0.5, 0.6) is 0 Å². The van der Waals surface area contributed by atoms with Gasteiger partial charge < -0.3 is 39.4 Å². The summed E-state index contributed by atoms with van der Waals surface area (Å²) in [4.78, 5) is 12.8. The molecule has 0 spiro atoms. The van der Waals surface area contributed by atoms with Crippen LogP contribution in [0.2, 0.25) is 0 Å². The molecule has 0 amide bonds. The van der Waals surface area contributed by atoms with Gasteiger partial charge in [-0.15, -0.1) is 0 Å². The maximum absolute atomic E-state index is 12.8. The number of hydrogen-bond donors (Lipinski definition) is 4. The molecule has 1 heterocycles. The molecule has 64 heavy (non-hydrogen) atoms. The van der Waals surface area contributed by atoms with E-state index in [4.69, 9.17) is 18.9 Å². The third kappa shape index (κ3) is 35.8. The molecular weight excluding hydrogens is 805 g/mol. The first kappa shape index (κ1) is 59.6. The fourth-order valence-electron chi connectivity index (χ4n) is 7.64. The third-order valence-corrected chi connectivity index (χ3v) is 11.7. The minimum Gasteiger partial charge on any atom is -0.457 e. The van der Waals surface area contributed by atoms with Crippen LogP contribution in [0.3, 0.4) is 0 Å². The van der Waals surface area contributed by atoms with E-state index < -0.39 is 49.4 Å². The molecule has 0 bridgehead atoms. The smallest absolute Gasteiger partial charge is 0.306 e. The second-order valence-electron chi connectivity index (χ2n) is 17.6. The Hall–Kier alpha value is -2.37. The fraction of sp³-hybridized carbons (Fsp3) is 0.764. The quantitative estimate of drug-likeness (QED) is 0.0268. The molecule has 0 aliphatic carbocycles. The van der Waals surface area contributed by atoms with Gasteiger partial charge in [0.15, 0.2) is 6.29 Å². The van der Waals surface area contributed by atoms with Gasteiger partial charge in [-0.1, -0.05) is 222 Å². The van der Waals surface area contributed by atoms with Crippen LogP contribution in [0, 0.1) is 0 Å². The molecule has 6 unspecified atom stereocenters. The van der Waals surface area contributed by atoms with Crippen molar-refractivity contribution in [2.45, 2.75) is 243 Å². The van der Waals surface area contributed by atoms with E-state index >= 15 is 0 Å². The summed E-state index contributed by atoms with van der Waals surface area (Å²) in [6, 6.07) is 0. The maximum atomic E-state index is 12.8. The first-order chi connectivity index (χ1) is 31.4. The first-order valence-electron chi connectivity index (χ1n) is 26.0. The molecule has 1 saturated heterocycles. The number of ether oxygens (including phenoxy) is 4. The van der Waals surface area contributed by atoms with Crippen LogP contribution in [0.1, 0.15) is 206 Å². The highest BCUT2D eigenvalue weighted by molar-refractivity contribution is 5.69. The van der Waals surface area contributed by atoms with Gasteiger partial charge in [0.1, 0.15) is 30.5 Å². The molecule has 1 fully saturated rings. The highest BCUT2D eigenvalue weighted by atomic mass is 16.7. The van der Waals surface area contributed by atoms with Crippen LogP contribution in [-0.2, 0) is 23.7 Å². The topological polar surface area (TPSA) is 135 Å². The van der Waals surface area contributed by atoms with Crippen LogP contribution in [0.25, 0.3) is 0 Å². The Bertz CT molecular complexity index is 1210. The monoisotopic (exact) mass is 901 g/mol. The van der Waals surface area contributed by atoms with E-state index in [1.54, 1.807) is 0 Å². The van der Waals surface area contributed by atoms with Crippen molar-refractivity contribution in [3.8, 4) is 0 Å². The molecule has 0 aromatic rings. The second-order valence-corrected chi connectivity index (χ2v) is 17.6. The number of unbranched alkanes of at least 4 members (excludes halogenated alkanes) is 21. The molecule has 0 radical (unpaired) electrons. The fourth-order valence-corrected chi connectivity index (χ4v) is 7.64. The Morgan fingerprint density at radius 1 is 0.516 bits per heavy atom. The highest BCUT2D eigenvalue weighted by Gasteiger charge is 2.44. The van der Waals surface area contributed by atoms with Crippen molar-refractivity contribution in [3.63, 3.8) is 0 Å². The zero-order valence-corrected chi connectivity index (χ0v) is 40.8. The van der Waals surface area contributed by atoms with E-state index in [0.717, 1.165) is 51.4 Å². The van der Waals surface area contributed by atoms with Gasteiger partial charge in [-0.25, -0.2) is 0 Å². The molecule has 6 atom stereocenters. The lowest BCUT2D eigenvalue weighted by Gasteiger charge is -2.39. The van der Waals surface area contributed by atoms with E-state index in [1.165, 1.54) is 128 Å². The Labute approximate surface area is 391 Å². The van der Waals surface area contributed by atoms with Gasteiger partial charge in [0.25, 0.3) is 0 Å². The molecular formula is C55H96O9. The largest absolute Gasteiger partial charge is 0.457 e. The second kappa shape index (κ2) is 45.8. The lowest BCUT2D eigenvalue weighted by Crippen LogP contribution is -2.59. The average Bonchev–Trinajstić information content (AvgIpc) is 3.30. The van der Waals surface area contributed by atoms with Gasteiger partial charge in [0.2, 0.25) is 0 Å². The number of carbonyl (C=O) groups is 1. The van der Waals surface area contributed by atoms with Gasteiger partial charge in [-0.05, 0) is 51.4 Å². The van der Waals surface area contributed by atoms with Crippen molar-refractivity contribution in [2.24, 2.45) is 0 Å². The number of esters is 1. The Morgan fingerprint density at radius 3 is 1.34 bits per heavy atom. The van der Waals surface area contributed by atoms with Gasteiger partial charge >= 0.3 is 5.97 Å². The SMILES string of the molecule is CC/C=C\C/C=C\C/C=C\C/C=C\C/C=C\C/C=C\CCC(=O)OC(COCCCCCCCCCCCCCCCCCCCCCCCC)COC1OC(CO)C(O)C(O)C1O. The Kier molecular flexibility index (Phi) is 42.7. The van der Waals surface area contributed by atoms with E-state index in [1.807, 2.05) is 12.2 Å². The number of allylic oxidation sites excluding steroid dienone is 12. The van der Waals surface area contributed by atoms with Gasteiger partial charge in [-0.2, -0.15) is 0 Å². The number of aliphatic hydroxyl groups is 4. The molecule has 1 aliphatic rings. The van der Waals surface area contributed by atoms with Crippen molar-refractivity contribution in [2.75, 3.05) is 26.4 Å². The molecule has 0 aromatic carbocycles. The van der Waals surface area contributed by atoms with Crippen molar-refractivity contribution < 1.29 is 44.2 Å². The Morgan fingerprint density at radius 2 is 0.922 bits per heavy atom. The Balaban J connectivity index is 2.24. The molecule has 1 aliphatic heterocycles. The van der Waals surface area contributed by atoms with E-state index in [9.17, 15) is 25.2 Å². The summed E-state index contributed by atoms with van der Waals surface area (Å²) in [5, 5.41) is 40.2. The van der Waals surface area contributed by atoms with Crippen molar-refractivity contribution in [1.82, 2.24) is 0 Å². The number of hydrogen-bond acceptors (Lipinski definition) is 9. The van der Waals surface area contributed by atoms with Crippen LogP contribution < -0.4 is 0 Å². The zero-order chi connectivity index (χ0) is 46.4. The number of rotatable bonds is 44.